The van der Waals surface area contributed by atoms with Crippen molar-refractivity contribution in [3.05, 3.63) is 35.0 Å². The molecule has 162 valence electrons. The Kier molecular flexibility index (Phi) is 5.73. The second kappa shape index (κ2) is 8.29. The molecule has 1 saturated heterocycles. The van der Waals surface area contributed by atoms with Gasteiger partial charge in [-0.2, -0.15) is 18.2 Å². The molecule has 1 aliphatic carbocycles. The normalized spacial score (nSPS) is 19.1. The molecular formula is C21H27F3N6. The van der Waals surface area contributed by atoms with E-state index in [0.717, 1.165) is 69.3 Å². The zero-order chi connectivity index (χ0) is 21.3. The van der Waals surface area contributed by atoms with Gasteiger partial charge in [0.1, 0.15) is 5.82 Å². The quantitative estimate of drug-likeness (QED) is 0.637. The van der Waals surface area contributed by atoms with E-state index in [4.69, 9.17) is 10.7 Å². The van der Waals surface area contributed by atoms with Crippen molar-refractivity contribution in [2.45, 2.75) is 51.2 Å². The molecule has 2 aliphatic rings. The minimum absolute atomic E-state index is 0.269. The number of nitrogens with two attached hydrogens (primary N) is 1. The van der Waals surface area contributed by atoms with Gasteiger partial charge in [0, 0.05) is 36.1 Å². The Bertz CT molecular complexity index is 914. The molecule has 2 heterocycles. The number of likely N-dealkylation sites (N-methyl/N-ethyl adjacent to an activating group) is 1. The fourth-order valence-corrected chi connectivity index (χ4v) is 4.31. The number of halogens is 3. The van der Waals surface area contributed by atoms with Gasteiger partial charge in [-0.1, -0.05) is 6.92 Å². The topological polar surface area (TPSA) is 79.1 Å². The number of alkyl halides is 3. The summed E-state index contributed by atoms with van der Waals surface area (Å²) in [6.07, 6.45) is 0.492. The van der Waals surface area contributed by atoms with Crippen molar-refractivity contribution in [2.75, 3.05) is 35.6 Å². The minimum Gasteiger partial charge on any atom is -0.398 e. The highest BCUT2D eigenvalue weighted by Gasteiger charge is 2.33. The van der Waals surface area contributed by atoms with Gasteiger partial charge in [0.2, 0.25) is 5.95 Å². The molecule has 4 N–H and O–H groups in total. The van der Waals surface area contributed by atoms with E-state index >= 15 is 0 Å². The Morgan fingerprint density at radius 2 is 2.00 bits per heavy atom. The van der Waals surface area contributed by atoms with Crippen LogP contribution < -0.4 is 21.3 Å². The summed E-state index contributed by atoms with van der Waals surface area (Å²) in [5.41, 5.74) is 6.79. The van der Waals surface area contributed by atoms with Crippen molar-refractivity contribution < 1.29 is 13.2 Å². The lowest BCUT2D eigenvalue weighted by molar-refractivity contribution is -0.136. The van der Waals surface area contributed by atoms with Crippen molar-refractivity contribution in [2.24, 2.45) is 0 Å². The smallest absolute Gasteiger partial charge is 0.398 e. The lowest BCUT2D eigenvalue weighted by atomic mass is 9.96. The van der Waals surface area contributed by atoms with Crippen LogP contribution in [0.2, 0.25) is 0 Å². The molecule has 1 aromatic carbocycles. The summed E-state index contributed by atoms with van der Waals surface area (Å²) in [7, 11) is 0. The van der Waals surface area contributed by atoms with E-state index < -0.39 is 11.7 Å². The maximum Gasteiger partial charge on any atom is 0.418 e. The van der Waals surface area contributed by atoms with Crippen LogP contribution >= 0.6 is 0 Å². The number of anilines is 4. The SMILES string of the molecule is CCNC1CCN(c2nc(Nc3ccc(N)c(C(F)(F)F)c3)nc3c2CCCC3)C1. The number of nitrogen functional groups attached to an aromatic ring is 1. The van der Waals surface area contributed by atoms with Crippen LogP contribution in [0.4, 0.5) is 36.3 Å². The highest BCUT2D eigenvalue weighted by atomic mass is 19.4. The summed E-state index contributed by atoms with van der Waals surface area (Å²) in [4.78, 5) is 11.6. The van der Waals surface area contributed by atoms with Gasteiger partial charge < -0.3 is 21.3 Å². The molecule has 0 saturated carbocycles. The molecule has 1 aliphatic heterocycles. The summed E-state index contributed by atoms with van der Waals surface area (Å²) < 4.78 is 39.6. The van der Waals surface area contributed by atoms with Crippen molar-refractivity contribution in [3.8, 4) is 0 Å². The van der Waals surface area contributed by atoms with E-state index in [2.05, 4.69) is 27.4 Å². The lowest BCUT2D eigenvalue weighted by Crippen LogP contribution is -2.33. The summed E-state index contributed by atoms with van der Waals surface area (Å²) >= 11 is 0. The fraction of sp³-hybridized carbons (Fsp3) is 0.524. The number of hydrogen-bond donors (Lipinski definition) is 3. The lowest BCUT2D eigenvalue weighted by Gasteiger charge is -2.26. The molecule has 1 aromatic heterocycles. The average molecular weight is 420 g/mol. The third-order valence-electron chi connectivity index (χ3n) is 5.76. The van der Waals surface area contributed by atoms with E-state index in [1.54, 1.807) is 0 Å². The molecule has 6 nitrogen and oxygen atoms in total. The molecule has 9 heteroatoms. The number of nitrogens with zero attached hydrogens (tertiary/aromatic N) is 3. The van der Waals surface area contributed by atoms with Gasteiger partial charge >= 0.3 is 6.18 Å². The second-order valence-corrected chi connectivity index (χ2v) is 7.92. The molecule has 1 unspecified atom stereocenters. The van der Waals surface area contributed by atoms with Crippen LogP contribution in [0.25, 0.3) is 0 Å². The molecule has 30 heavy (non-hydrogen) atoms. The number of hydrogen-bond acceptors (Lipinski definition) is 6. The molecule has 4 rings (SSSR count). The summed E-state index contributed by atoms with van der Waals surface area (Å²) in [6.45, 7) is 4.79. The van der Waals surface area contributed by atoms with Gasteiger partial charge in [-0.25, -0.2) is 4.98 Å². The molecule has 0 amide bonds. The van der Waals surface area contributed by atoms with Crippen molar-refractivity contribution in [3.63, 3.8) is 0 Å². The maximum atomic E-state index is 13.2. The molecule has 0 radical (unpaired) electrons. The van der Waals surface area contributed by atoms with Gasteiger partial charge in [0.25, 0.3) is 0 Å². The number of aromatic nitrogens is 2. The molecule has 0 bridgehead atoms. The van der Waals surface area contributed by atoms with E-state index in [-0.39, 0.29) is 11.4 Å². The van der Waals surface area contributed by atoms with Crippen LogP contribution in [0.3, 0.4) is 0 Å². The first-order valence-electron chi connectivity index (χ1n) is 10.5. The highest BCUT2D eigenvalue weighted by Crippen LogP contribution is 2.36. The fourth-order valence-electron chi connectivity index (χ4n) is 4.31. The predicted octanol–water partition coefficient (Wildman–Crippen LogP) is 3.89. The Balaban J connectivity index is 1.65. The van der Waals surface area contributed by atoms with E-state index in [9.17, 15) is 13.2 Å². The van der Waals surface area contributed by atoms with Crippen LogP contribution in [-0.2, 0) is 19.0 Å². The van der Waals surface area contributed by atoms with Gasteiger partial charge in [-0.3, -0.25) is 0 Å². The van der Waals surface area contributed by atoms with Crippen molar-refractivity contribution in [1.82, 2.24) is 15.3 Å². The summed E-state index contributed by atoms with van der Waals surface area (Å²) in [6, 6.07) is 4.21. The first-order chi connectivity index (χ1) is 14.3. The summed E-state index contributed by atoms with van der Waals surface area (Å²) in [5, 5.41) is 6.46. The van der Waals surface area contributed by atoms with Crippen molar-refractivity contribution in [1.29, 1.82) is 0 Å². The number of fused-ring (bicyclic) bond motifs is 1. The zero-order valence-corrected chi connectivity index (χ0v) is 17.0. The molecular weight excluding hydrogens is 393 g/mol. The van der Waals surface area contributed by atoms with Crippen LogP contribution in [0.1, 0.15) is 43.0 Å². The van der Waals surface area contributed by atoms with E-state index in [0.29, 0.717) is 12.0 Å². The maximum absolute atomic E-state index is 13.2. The number of benzene rings is 1. The van der Waals surface area contributed by atoms with Crippen LogP contribution in [0.15, 0.2) is 18.2 Å². The van der Waals surface area contributed by atoms with Gasteiger partial charge in [-0.05, 0) is 56.8 Å². The van der Waals surface area contributed by atoms with Crippen LogP contribution in [-0.4, -0.2) is 35.6 Å². The first kappa shape index (κ1) is 20.7. The Morgan fingerprint density at radius 3 is 2.77 bits per heavy atom. The molecule has 1 atom stereocenters. The number of aryl methyl sites for hydroxylation is 1. The van der Waals surface area contributed by atoms with Crippen LogP contribution in [0, 0.1) is 0 Å². The predicted molar refractivity (Wildman–Crippen MR) is 112 cm³/mol. The molecule has 0 spiro atoms. The zero-order valence-electron chi connectivity index (χ0n) is 17.0. The Labute approximate surface area is 174 Å². The second-order valence-electron chi connectivity index (χ2n) is 7.92. The Hall–Kier alpha value is -2.55. The van der Waals surface area contributed by atoms with Crippen LogP contribution in [0.5, 0.6) is 0 Å². The van der Waals surface area contributed by atoms with Gasteiger partial charge in [-0.15, -0.1) is 0 Å². The highest BCUT2D eigenvalue weighted by molar-refractivity contribution is 5.64. The molecule has 2 aromatic rings. The number of rotatable bonds is 5. The third kappa shape index (κ3) is 4.30. The summed E-state index contributed by atoms with van der Waals surface area (Å²) in [5.74, 6) is 1.24. The molecule has 1 fully saturated rings. The van der Waals surface area contributed by atoms with E-state index in [1.807, 2.05) is 0 Å². The van der Waals surface area contributed by atoms with Gasteiger partial charge in [0.15, 0.2) is 0 Å². The largest absolute Gasteiger partial charge is 0.418 e. The third-order valence-corrected chi connectivity index (χ3v) is 5.76. The number of nitrogens with one attached hydrogen (secondary N) is 2. The van der Waals surface area contributed by atoms with Gasteiger partial charge in [0.05, 0.1) is 11.3 Å². The standard InChI is InChI=1S/C21H27F3N6/c1-2-26-14-9-10-30(12-14)19-15-5-3-4-6-18(15)28-20(29-19)27-13-7-8-17(25)16(11-13)21(22,23)24/h7-8,11,14,26H,2-6,9-10,12,25H2,1H3,(H,27,28,29). The van der Waals surface area contributed by atoms with E-state index in [1.165, 1.54) is 17.7 Å². The monoisotopic (exact) mass is 420 g/mol. The van der Waals surface area contributed by atoms with Crippen molar-refractivity contribution >= 4 is 23.1 Å². The Morgan fingerprint density at radius 1 is 1.20 bits per heavy atom. The average Bonchev–Trinajstić information content (AvgIpc) is 3.17. The minimum atomic E-state index is -4.51. The first-order valence-corrected chi connectivity index (χ1v) is 10.5.